The summed E-state index contributed by atoms with van der Waals surface area (Å²) in [5.41, 5.74) is -3.02. The molecule has 2 N–H and O–H groups in total. The highest BCUT2D eigenvalue weighted by Crippen LogP contribution is 2.65. The number of aliphatic carboxylic acids is 2. The van der Waals surface area contributed by atoms with E-state index in [1.807, 2.05) is 30.3 Å². The van der Waals surface area contributed by atoms with Crippen molar-refractivity contribution in [3.05, 3.63) is 35.9 Å². The lowest BCUT2D eigenvalue weighted by molar-refractivity contribution is -0.208. The summed E-state index contributed by atoms with van der Waals surface area (Å²) in [5.74, 6) is -2.51. The molecule has 0 bridgehead atoms. The first kappa shape index (κ1) is 36.5. The molecular weight excluding hydrogens is 548 g/mol. The molecule has 6 heteroatoms. The molecule has 0 atom stereocenters. The maximum atomic E-state index is 14.1. The summed E-state index contributed by atoms with van der Waals surface area (Å²) >= 11 is 0. The average Bonchev–Trinajstić information content (AvgIpc) is 2.91. The molecule has 3 rings (SSSR count). The van der Waals surface area contributed by atoms with Crippen LogP contribution in [-0.4, -0.2) is 68.2 Å². The predicted molar refractivity (Wildman–Crippen MR) is 181 cm³/mol. The van der Waals surface area contributed by atoms with Crippen LogP contribution in [-0.2, 0) is 16.0 Å². The highest BCUT2D eigenvalue weighted by atomic mass is 16.4. The van der Waals surface area contributed by atoms with Gasteiger partial charge in [-0.3, -0.25) is 19.4 Å². The Morgan fingerprint density at radius 2 is 1.09 bits per heavy atom. The topological polar surface area (TPSA) is 81.1 Å². The molecule has 2 heterocycles. The molecular formula is C38H64N2O4. The molecule has 0 spiro atoms. The fourth-order valence-electron chi connectivity index (χ4n) is 9.85. The minimum absolute atomic E-state index is 0.00609. The maximum Gasteiger partial charge on any atom is 0.321 e. The molecule has 1 aromatic rings. The van der Waals surface area contributed by atoms with Crippen LogP contribution in [0.3, 0.4) is 0 Å². The fraction of sp³-hybridized carbons (Fsp3) is 0.789. The van der Waals surface area contributed by atoms with Gasteiger partial charge in [0.15, 0.2) is 5.41 Å². The van der Waals surface area contributed by atoms with Gasteiger partial charge in [0.05, 0.1) is 0 Å². The SMILES string of the molecule is CCCCCCCC(C1CC(C)(C)N(C)C(C)(C)C1)(C1CC(C)(C)N(C)C(C)(C)C1)C(Cc1ccccc1)(C(=O)O)C(=O)O. The van der Waals surface area contributed by atoms with Crippen molar-refractivity contribution in [3.63, 3.8) is 0 Å². The van der Waals surface area contributed by atoms with Crippen molar-refractivity contribution in [2.75, 3.05) is 14.1 Å². The van der Waals surface area contributed by atoms with E-state index in [0.717, 1.165) is 63.4 Å². The Morgan fingerprint density at radius 1 is 0.705 bits per heavy atom. The Kier molecular flexibility index (Phi) is 10.8. The van der Waals surface area contributed by atoms with Gasteiger partial charge in [-0.15, -0.1) is 0 Å². The van der Waals surface area contributed by atoms with Crippen molar-refractivity contribution in [2.45, 2.75) is 155 Å². The Labute approximate surface area is 269 Å². The van der Waals surface area contributed by atoms with Crippen LogP contribution in [0.15, 0.2) is 30.3 Å². The van der Waals surface area contributed by atoms with E-state index in [0.29, 0.717) is 6.42 Å². The van der Waals surface area contributed by atoms with Crippen molar-refractivity contribution < 1.29 is 19.8 Å². The molecule has 0 aliphatic carbocycles. The second-order valence-electron chi connectivity index (χ2n) is 17.0. The van der Waals surface area contributed by atoms with Gasteiger partial charge in [-0.2, -0.15) is 0 Å². The van der Waals surface area contributed by atoms with Crippen LogP contribution in [0.25, 0.3) is 0 Å². The second-order valence-corrected chi connectivity index (χ2v) is 17.0. The summed E-state index contributed by atoms with van der Waals surface area (Å²) in [7, 11) is 4.35. The monoisotopic (exact) mass is 612 g/mol. The van der Waals surface area contributed by atoms with Gasteiger partial charge in [-0.05, 0) is 125 Å². The number of benzene rings is 1. The van der Waals surface area contributed by atoms with Gasteiger partial charge in [-0.1, -0.05) is 69.4 Å². The number of hydrogen-bond donors (Lipinski definition) is 2. The summed E-state index contributed by atoms with van der Waals surface area (Å²) in [5, 5.41) is 23.0. The van der Waals surface area contributed by atoms with E-state index < -0.39 is 22.8 Å². The average molecular weight is 613 g/mol. The largest absolute Gasteiger partial charge is 0.480 e. The van der Waals surface area contributed by atoms with Crippen molar-refractivity contribution in [1.29, 1.82) is 0 Å². The second kappa shape index (κ2) is 13.1. The standard InChI is InChI=1S/C38H64N2O4/c1-12-13-14-15-19-22-37(29-24-33(2,3)39(10)34(4,5)25-29,30-26-35(6,7)40(11)36(8,9)27-30)38(31(41)42,32(43)44)23-28-20-17-16-18-21-28/h16-18,20-21,29-30H,12-15,19,22-27H2,1-11H3,(H,41,42)(H,43,44). The lowest BCUT2D eigenvalue weighted by Gasteiger charge is -2.66. The fourth-order valence-corrected chi connectivity index (χ4v) is 9.85. The first-order valence-electron chi connectivity index (χ1n) is 17.2. The van der Waals surface area contributed by atoms with E-state index in [4.69, 9.17) is 0 Å². The van der Waals surface area contributed by atoms with Gasteiger partial charge in [0, 0.05) is 27.6 Å². The first-order chi connectivity index (χ1) is 20.2. The normalized spacial score (nSPS) is 23.0. The Morgan fingerprint density at radius 3 is 1.45 bits per heavy atom. The number of carbonyl (C=O) groups is 2. The highest BCUT2D eigenvalue weighted by molar-refractivity contribution is 6.00. The van der Waals surface area contributed by atoms with E-state index >= 15 is 0 Å². The smallest absolute Gasteiger partial charge is 0.321 e. The predicted octanol–water partition coefficient (Wildman–Crippen LogP) is 8.53. The molecule has 1 aromatic carbocycles. The van der Waals surface area contributed by atoms with Crippen molar-refractivity contribution in [3.8, 4) is 0 Å². The number of carboxylic acid groups (broad SMARTS) is 2. The first-order valence-corrected chi connectivity index (χ1v) is 17.2. The van der Waals surface area contributed by atoms with Crippen LogP contribution in [0.4, 0.5) is 0 Å². The van der Waals surface area contributed by atoms with Gasteiger partial charge in [-0.25, -0.2) is 0 Å². The summed E-state index contributed by atoms with van der Waals surface area (Å²) in [6, 6.07) is 9.55. The van der Waals surface area contributed by atoms with Gasteiger partial charge < -0.3 is 10.2 Å². The van der Waals surface area contributed by atoms with Crippen molar-refractivity contribution in [1.82, 2.24) is 9.80 Å². The number of rotatable bonds is 13. The Hall–Kier alpha value is -1.92. The van der Waals surface area contributed by atoms with Crippen molar-refractivity contribution >= 4 is 11.9 Å². The van der Waals surface area contributed by atoms with Gasteiger partial charge >= 0.3 is 11.9 Å². The Balaban J connectivity index is 2.43. The Bertz CT molecular complexity index is 1050. The molecule has 2 aliphatic heterocycles. The van der Waals surface area contributed by atoms with E-state index in [2.05, 4.69) is 86.2 Å². The van der Waals surface area contributed by atoms with E-state index in [1.165, 1.54) is 0 Å². The van der Waals surface area contributed by atoms with E-state index in [-0.39, 0.29) is 40.4 Å². The number of carboxylic acids is 2. The zero-order chi connectivity index (χ0) is 33.4. The number of piperidine rings is 2. The lowest BCUT2D eigenvalue weighted by Crippen LogP contribution is -2.70. The molecule has 0 aromatic heterocycles. The maximum absolute atomic E-state index is 14.1. The highest BCUT2D eigenvalue weighted by Gasteiger charge is 2.70. The number of unbranched alkanes of at least 4 members (excludes halogenated alkanes) is 4. The summed E-state index contributed by atoms with van der Waals surface area (Å²) < 4.78 is 0. The molecule has 0 unspecified atom stereocenters. The molecule has 6 nitrogen and oxygen atoms in total. The third-order valence-electron chi connectivity index (χ3n) is 12.6. The summed E-state index contributed by atoms with van der Waals surface area (Å²) in [6.07, 6.45) is 8.89. The molecule has 44 heavy (non-hydrogen) atoms. The van der Waals surface area contributed by atoms with Crippen molar-refractivity contribution in [2.24, 2.45) is 22.7 Å². The number of likely N-dealkylation sites (tertiary alicyclic amines) is 2. The number of hydrogen-bond acceptors (Lipinski definition) is 4. The number of nitrogens with zero attached hydrogens (tertiary/aromatic N) is 2. The van der Waals surface area contributed by atoms with Crippen LogP contribution in [0.5, 0.6) is 0 Å². The zero-order valence-electron chi connectivity index (χ0n) is 29.9. The minimum Gasteiger partial charge on any atom is -0.480 e. The van der Waals surface area contributed by atoms with Crippen LogP contribution < -0.4 is 0 Å². The molecule has 2 aliphatic rings. The third-order valence-corrected chi connectivity index (χ3v) is 12.6. The molecule has 0 amide bonds. The van der Waals surface area contributed by atoms with Gasteiger partial charge in [0.1, 0.15) is 0 Å². The van der Waals surface area contributed by atoms with Gasteiger partial charge in [0.2, 0.25) is 0 Å². The summed E-state index contributed by atoms with van der Waals surface area (Å²) in [4.78, 5) is 33.1. The van der Waals surface area contributed by atoms with Gasteiger partial charge in [0.25, 0.3) is 0 Å². The quantitative estimate of drug-likeness (QED) is 0.172. The molecule has 0 saturated carbocycles. The van der Waals surface area contributed by atoms with Crippen LogP contribution in [0.2, 0.25) is 0 Å². The molecule has 2 fully saturated rings. The molecule has 0 radical (unpaired) electrons. The van der Waals surface area contributed by atoms with E-state index in [1.54, 1.807) is 0 Å². The van der Waals surface area contributed by atoms with Crippen LogP contribution in [0, 0.1) is 22.7 Å². The van der Waals surface area contributed by atoms with Crippen LogP contribution >= 0.6 is 0 Å². The lowest BCUT2D eigenvalue weighted by atomic mass is 9.42. The minimum atomic E-state index is -1.97. The zero-order valence-corrected chi connectivity index (χ0v) is 29.9. The third kappa shape index (κ3) is 6.63. The molecule has 250 valence electrons. The van der Waals surface area contributed by atoms with E-state index in [9.17, 15) is 19.8 Å². The van der Waals surface area contributed by atoms with Crippen LogP contribution in [0.1, 0.15) is 132 Å². The summed E-state index contributed by atoms with van der Waals surface area (Å²) in [6.45, 7) is 20.3. The molecule has 2 saturated heterocycles.